The highest BCUT2D eigenvalue weighted by Gasteiger charge is 2.23. The largest absolute Gasteiger partial charge is 0.313 e. The van der Waals surface area contributed by atoms with Gasteiger partial charge in [0, 0.05) is 12.6 Å². The van der Waals surface area contributed by atoms with Crippen molar-refractivity contribution in [3.8, 4) is 0 Å². The van der Waals surface area contributed by atoms with E-state index in [1.165, 1.54) is 24.0 Å². The molecule has 1 aromatic rings. The first kappa shape index (κ1) is 18.2. The Balaban J connectivity index is 2.49. The third kappa shape index (κ3) is 6.62. The molecule has 0 aliphatic heterocycles. The lowest BCUT2D eigenvalue weighted by molar-refractivity contribution is 0.219. The number of rotatable bonds is 8. The van der Waals surface area contributed by atoms with Crippen molar-refractivity contribution in [3.05, 3.63) is 35.4 Å². The Morgan fingerprint density at radius 3 is 2.43 bits per heavy atom. The molecule has 0 aliphatic carbocycles. The van der Waals surface area contributed by atoms with Crippen molar-refractivity contribution in [3.63, 3.8) is 0 Å². The fraction of sp³-hybridized carbons (Fsp3) is 0.684. The minimum absolute atomic E-state index is 0.318. The van der Waals surface area contributed by atoms with Crippen molar-refractivity contribution in [2.75, 3.05) is 20.1 Å². The standard InChI is InChI=1S/C19H34N2/c1-7-13-20-18(19(3,4)5)12-14-21(6)15-17-11-9-8-10-16(17)2/h8-11,18,20H,7,12-15H2,1-6H3. The van der Waals surface area contributed by atoms with E-state index in [1.807, 2.05) is 0 Å². The van der Waals surface area contributed by atoms with Crippen LogP contribution in [0.5, 0.6) is 0 Å². The zero-order chi connectivity index (χ0) is 15.9. The lowest BCUT2D eigenvalue weighted by Crippen LogP contribution is -2.42. The number of nitrogens with zero attached hydrogens (tertiary/aromatic N) is 1. The molecule has 1 unspecified atom stereocenters. The maximum Gasteiger partial charge on any atom is 0.0233 e. The second-order valence-corrected chi connectivity index (χ2v) is 7.33. The molecule has 21 heavy (non-hydrogen) atoms. The van der Waals surface area contributed by atoms with E-state index in [0.29, 0.717) is 11.5 Å². The highest BCUT2D eigenvalue weighted by molar-refractivity contribution is 5.25. The van der Waals surface area contributed by atoms with Gasteiger partial charge in [-0.3, -0.25) is 0 Å². The van der Waals surface area contributed by atoms with Crippen molar-refractivity contribution in [2.45, 2.75) is 60.0 Å². The number of nitrogens with one attached hydrogen (secondary N) is 1. The van der Waals surface area contributed by atoms with Crippen LogP contribution < -0.4 is 5.32 Å². The van der Waals surface area contributed by atoms with E-state index in [9.17, 15) is 0 Å². The molecule has 1 rings (SSSR count). The van der Waals surface area contributed by atoms with Gasteiger partial charge in [-0.05, 0) is 56.4 Å². The van der Waals surface area contributed by atoms with E-state index in [-0.39, 0.29) is 0 Å². The lowest BCUT2D eigenvalue weighted by Gasteiger charge is -2.33. The van der Waals surface area contributed by atoms with E-state index in [0.717, 1.165) is 19.6 Å². The van der Waals surface area contributed by atoms with E-state index in [2.05, 4.69) is 76.1 Å². The van der Waals surface area contributed by atoms with Gasteiger partial charge < -0.3 is 10.2 Å². The molecule has 0 aliphatic rings. The molecule has 120 valence electrons. The van der Waals surface area contributed by atoms with Gasteiger partial charge >= 0.3 is 0 Å². The molecule has 1 aromatic carbocycles. The normalized spacial score (nSPS) is 13.7. The van der Waals surface area contributed by atoms with Gasteiger partial charge in [0.1, 0.15) is 0 Å². The average molecular weight is 290 g/mol. The lowest BCUT2D eigenvalue weighted by atomic mass is 9.84. The summed E-state index contributed by atoms with van der Waals surface area (Å²) in [6.07, 6.45) is 2.40. The van der Waals surface area contributed by atoms with Crippen LogP contribution in [0, 0.1) is 12.3 Å². The van der Waals surface area contributed by atoms with Crippen molar-refractivity contribution >= 4 is 0 Å². The van der Waals surface area contributed by atoms with Crippen LogP contribution >= 0.6 is 0 Å². The molecule has 1 N–H and O–H groups in total. The van der Waals surface area contributed by atoms with Gasteiger partial charge in [-0.25, -0.2) is 0 Å². The van der Waals surface area contributed by atoms with Crippen molar-refractivity contribution < 1.29 is 0 Å². The summed E-state index contributed by atoms with van der Waals surface area (Å²) in [5.74, 6) is 0. The van der Waals surface area contributed by atoms with Gasteiger partial charge in [-0.15, -0.1) is 0 Å². The van der Waals surface area contributed by atoms with Crippen LogP contribution in [0.15, 0.2) is 24.3 Å². The minimum atomic E-state index is 0.318. The third-order valence-corrected chi connectivity index (χ3v) is 4.19. The third-order valence-electron chi connectivity index (χ3n) is 4.19. The van der Waals surface area contributed by atoms with E-state index >= 15 is 0 Å². The first-order chi connectivity index (χ1) is 9.84. The molecular formula is C19H34N2. The quantitative estimate of drug-likeness (QED) is 0.770. The molecule has 2 nitrogen and oxygen atoms in total. The maximum absolute atomic E-state index is 3.71. The Hall–Kier alpha value is -0.860. The SMILES string of the molecule is CCCNC(CCN(C)Cc1ccccc1C)C(C)(C)C. The summed E-state index contributed by atoms with van der Waals surface area (Å²) in [4.78, 5) is 2.44. The van der Waals surface area contributed by atoms with Gasteiger partial charge in [0.05, 0.1) is 0 Å². The first-order valence-corrected chi connectivity index (χ1v) is 8.31. The second kappa shape index (κ2) is 8.55. The zero-order valence-corrected chi connectivity index (χ0v) is 14.9. The molecule has 2 heteroatoms. The van der Waals surface area contributed by atoms with Gasteiger partial charge in [0.15, 0.2) is 0 Å². The van der Waals surface area contributed by atoms with E-state index < -0.39 is 0 Å². The molecule has 0 radical (unpaired) electrons. The Kier molecular flexibility index (Phi) is 7.41. The average Bonchev–Trinajstić information content (AvgIpc) is 2.40. The topological polar surface area (TPSA) is 15.3 Å². The van der Waals surface area contributed by atoms with Crippen LogP contribution in [0.4, 0.5) is 0 Å². The fourth-order valence-electron chi connectivity index (χ4n) is 2.67. The summed E-state index contributed by atoms with van der Waals surface area (Å²) in [6, 6.07) is 9.27. The molecule has 0 aromatic heterocycles. The molecule has 0 saturated heterocycles. The molecule has 0 bridgehead atoms. The van der Waals surface area contributed by atoms with Gasteiger partial charge in [-0.2, -0.15) is 0 Å². The Morgan fingerprint density at radius 2 is 1.86 bits per heavy atom. The maximum atomic E-state index is 3.71. The molecule has 0 saturated carbocycles. The summed E-state index contributed by atoms with van der Waals surface area (Å²) in [6.45, 7) is 14.7. The fourth-order valence-corrected chi connectivity index (χ4v) is 2.67. The summed E-state index contributed by atoms with van der Waals surface area (Å²) in [7, 11) is 2.23. The predicted octanol–water partition coefficient (Wildman–Crippen LogP) is 4.23. The van der Waals surface area contributed by atoms with E-state index in [1.54, 1.807) is 0 Å². The van der Waals surface area contributed by atoms with Crippen LogP contribution in [0.2, 0.25) is 0 Å². The van der Waals surface area contributed by atoms with Gasteiger partial charge in [-0.1, -0.05) is 52.0 Å². The molecular weight excluding hydrogens is 256 g/mol. The highest BCUT2D eigenvalue weighted by atomic mass is 15.1. The summed E-state index contributed by atoms with van der Waals surface area (Å²) in [5.41, 5.74) is 3.15. The zero-order valence-electron chi connectivity index (χ0n) is 14.9. The summed E-state index contributed by atoms with van der Waals surface area (Å²) < 4.78 is 0. The van der Waals surface area contributed by atoms with Crippen molar-refractivity contribution in [1.29, 1.82) is 0 Å². The molecule has 0 heterocycles. The van der Waals surface area contributed by atoms with Crippen LogP contribution in [-0.2, 0) is 6.54 Å². The molecule has 1 atom stereocenters. The van der Waals surface area contributed by atoms with Crippen LogP contribution in [0.25, 0.3) is 0 Å². The minimum Gasteiger partial charge on any atom is -0.313 e. The molecule has 0 spiro atoms. The smallest absolute Gasteiger partial charge is 0.0233 e. The van der Waals surface area contributed by atoms with Crippen LogP contribution in [0.1, 0.15) is 51.7 Å². The highest BCUT2D eigenvalue weighted by Crippen LogP contribution is 2.22. The Labute approximate surface area is 131 Å². The summed E-state index contributed by atoms with van der Waals surface area (Å²) in [5, 5.41) is 3.71. The second-order valence-electron chi connectivity index (χ2n) is 7.33. The van der Waals surface area contributed by atoms with Crippen molar-refractivity contribution in [2.24, 2.45) is 5.41 Å². The van der Waals surface area contributed by atoms with Gasteiger partial charge in [0.25, 0.3) is 0 Å². The monoisotopic (exact) mass is 290 g/mol. The number of hydrogen-bond donors (Lipinski definition) is 1. The number of aryl methyl sites for hydroxylation is 1. The van der Waals surface area contributed by atoms with Crippen LogP contribution in [-0.4, -0.2) is 31.1 Å². The van der Waals surface area contributed by atoms with Crippen LogP contribution in [0.3, 0.4) is 0 Å². The van der Waals surface area contributed by atoms with Crippen molar-refractivity contribution in [1.82, 2.24) is 10.2 Å². The van der Waals surface area contributed by atoms with Gasteiger partial charge in [0.2, 0.25) is 0 Å². The number of benzene rings is 1. The summed E-state index contributed by atoms with van der Waals surface area (Å²) >= 11 is 0. The number of hydrogen-bond acceptors (Lipinski definition) is 2. The first-order valence-electron chi connectivity index (χ1n) is 8.31. The molecule has 0 amide bonds. The van der Waals surface area contributed by atoms with E-state index in [4.69, 9.17) is 0 Å². The Morgan fingerprint density at radius 1 is 1.19 bits per heavy atom. The molecule has 0 fully saturated rings. The Bertz CT molecular complexity index is 406. The predicted molar refractivity (Wildman–Crippen MR) is 93.7 cm³/mol.